The fourth-order valence-electron chi connectivity index (χ4n) is 3.34. The van der Waals surface area contributed by atoms with Gasteiger partial charge < -0.3 is 15.4 Å². The molecule has 126 valence electrons. The summed E-state index contributed by atoms with van der Waals surface area (Å²) >= 11 is 3.44. The molecule has 1 fully saturated rings. The third-order valence-electron chi connectivity index (χ3n) is 4.66. The summed E-state index contributed by atoms with van der Waals surface area (Å²) in [5, 5.41) is 0. The van der Waals surface area contributed by atoms with Gasteiger partial charge in [-0.25, -0.2) is 0 Å². The zero-order chi connectivity index (χ0) is 17.1. The number of ether oxygens (including phenoxy) is 1. The molecule has 1 amide bonds. The predicted octanol–water partition coefficient (Wildman–Crippen LogP) is 3.27. The number of hydrogen-bond donors (Lipinski definition) is 1. The van der Waals surface area contributed by atoms with E-state index in [0.29, 0.717) is 31.1 Å². The predicted molar refractivity (Wildman–Crippen MR) is 98.3 cm³/mol. The minimum absolute atomic E-state index is 0.0373. The van der Waals surface area contributed by atoms with Crippen LogP contribution in [0.5, 0.6) is 5.75 Å². The average Bonchev–Trinajstić information content (AvgIpc) is 3.06. The molecule has 0 spiro atoms. The van der Waals surface area contributed by atoms with Gasteiger partial charge in [-0.05, 0) is 52.2 Å². The van der Waals surface area contributed by atoms with Crippen LogP contribution in [0.1, 0.15) is 21.8 Å². The summed E-state index contributed by atoms with van der Waals surface area (Å²) in [5.74, 6) is 1.34. The van der Waals surface area contributed by atoms with Crippen LogP contribution in [0.2, 0.25) is 0 Å². The summed E-state index contributed by atoms with van der Waals surface area (Å²) in [6, 6.07) is 15.7. The van der Waals surface area contributed by atoms with Crippen molar-refractivity contribution in [3.05, 3.63) is 64.1 Å². The molecule has 4 nitrogen and oxygen atoms in total. The number of halogens is 1. The van der Waals surface area contributed by atoms with Crippen molar-refractivity contribution in [3.8, 4) is 5.75 Å². The van der Waals surface area contributed by atoms with Crippen LogP contribution in [0.3, 0.4) is 0 Å². The minimum Gasteiger partial charge on any atom is -0.496 e. The Balaban J connectivity index is 1.80. The van der Waals surface area contributed by atoms with Crippen LogP contribution in [0.25, 0.3) is 0 Å². The van der Waals surface area contributed by atoms with Gasteiger partial charge in [0.15, 0.2) is 0 Å². The highest BCUT2D eigenvalue weighted by atomic mass is 79.9. The largest absolute Gasteiger partial charge is 0.496 e. The van der Waals surface area contributed by atoms with E-state index in [9.17, 15) is 4.79 Å². The molecule has 0 aromatic heterocycles. The van der Waals surface area contributed by atoms with Gasteiger partial charge in [0.1, 0.15) is 5.75 Å². The number of nitrogens with two attached hydrogens (primary N) is 1. The highest BCUT2D eigenvalue weighted by molar-refractivity contribution is 9.10. The van der Waals surface area contributed by atoms with E-state index in [1.165, 1.54) is 5.56 Å². The molecule has 0 unspecified atom stereocenters. The summed E-state index contributed by atoms with van der Waals surface area (Å²) in [7, 11) is 1.61. The summed E-state index contributed by atoms with van der Waals surface area (Å²) in [5.41, 5.74) is 7.87. The Bertz CT molecular complexity index is 721. The van der Waals surface area contributed by atoms with Crippen LogP contribution >= 0.6 is 15.9 Å². The van der Waals surface area contributed by atoms with Crippen molar-refractivity contribution in [2.45, 2.75) is 5.92 Å². The molecular weight excluding hydrogens is 368 g/mol. The Hall–Kier alpha value is -1.85. The molecule has 5 heteroatoms. The van der Waals surface area contributed by atoms with E-state index >= 15 is 0 Å². The molecule has 0 radical (unpaired) electrons. The van der Waals surface area contributed by atoms with Gasteiger partial charge in [-0.1, -0.05) is 30.3 Å². The van der Waals surface area contributed by atoms with Crippen molar-refractivity contribution in [1.82, 2.24) is 4.90 Å². The highest BCUT2D eigenvalue weighted by Crippen LogP contribution is 2.33. The van der Waals surface area contributed by atoms with Crippen LogP contribution in [0.15, 0.2) is 53.0 Å². The van der Waals surface area contributed by atoms with Crippen molar-refractivity contribution in [3.63, 3.8) is 0 Å². The normalized spacial score (nSPS) is 20.2. The maximum absolute atomic E-state index is 12.9. The van der Waals surface area contributed by atoms with Crippen LogP contribution in [-0.4, -0.2) is 37.6 Å². The summed E-state index contributed by atoms with van der Waals surface area (Å²) in [6.07, 6.45) is 0. The Morgan fingerprint density at radius 3 is 2.62 bits per heavy atom. The van der Waals surface area contributed by atoms with E-state index in [1.54, 1.807) is 13.2 Å². The lowest BCUT2D eigenvalue weighted by atomic mass is 9.89. The maximum Gasteiger partial charge on any atom is 0.253 e. The summed E-state index contributed by atoms with van der Waals surface area (Å²) < 4.78 is 6.01. The molecule has 0 saturated carbocycles. The number of carbonyl (C=O) groups excluding carboxylic acids is 1. The van der Waals surface area contributed by atoms with E-state index in [0.717, 1.165) is 10.2 Å². The summed E-state index contributed by atoms with van der Waals surface area (Å²) in [4.78, 5) is 14.8. The van der Waals surface area contributed by atoms with Gasteiger partial charge in [-0.3, -0.25) is 4.79 Å². The third kappa shape index (κ3) is 3.32. The molecule has 1 saturated heterocycles. The molecule has 1 aliphatic heterocycles. The topological polar surface area (TPSA) is 55.6 Å². The average molecular weight is 389 g/mol. The molecule has 0 aliphatic carbocycles. The Kier molecular flexibility index (Phi) is 5.21. The first kappa shape index (κ1) is 17.0. The van der Waals surface area contributed by atoms with Crippen LogP contribution in [0.4, 0.5) is 0 Å². The molecule has 24 heavy (non-hydrogen) atoms. The fraction of sp³-hybridized carbons (Fsp3) is 0.316. The highest BCUT2D eigenvalue weighted by Gasteiger charge is 2.35. The SMILES string of the molecule is COc1ccc(C(=O)N2C[C@@H](CN)[C@H](c3ccccc3)C2)cc1Br. The molecular formula is C19H21BrN2O2. The molecule has 2 aromatic carbocycles. The number of amides is 1. The number of rotatable bonds is 4. The lowest BCUT2D eigenvalue weighted by Gasteiger charge is -2.17. The first-order valence-corrected chi connectivity index (χ1v) is 8.81. The number of benzene rings is 2. The van der Waals surface area contributed by atoms with E-state index < -0.39 is 0 Å². The number of nitrogens with zero attached hydrogens (tertiary/aromatic N) is 1. The summed E-state index contributed by atoms with van der Waals surface area (Å²) in [6.45, 7) is 1.97. The van der Waals surface area contributed by atoms with Gasteiger partial charge in [0.25, 0.3) is 5.91 Å². The van der Waals surface area contributed by atoms with Crippen molar-refractivity contribution in [1.29, 1.82) is 0 Å². The number of hydrogen-bond acceptors (Lipinski definition) is 3. The fourth-order valence-corrected chi connectivity index (χ4v) is 3.88. The van der Waals surface area contributed by atoms with E-state index in [1.807, 2.05) is 35.2 Å². The van der Waals surface area contributed by atoms with Crippen molar-refractivity contribution in [2.75, 3.05) is 26.7 Å². The van der Waals surface area contributed by atoms with Crippen LogP contribution < -0.4 is 10.5 Å². The van der Waals surface area contributed by atoms with Gasteiger partial charge in [0.05, 0.1) is 11.6 Å². The maximum atomic E-state index is 12.9. The number of carbonyl (C=O) groups is 1. The molecule has 2 atom stereocenters. The van der Waals surface area contributed by atoms with Crippen LogP contribution in [-0.2, 0) is 0 Å². The van der Waals surface area contributed by atoms with E-state index in [2.05, 4.69) is 28.1 Å². The third-order valence-corrected chi connectivity index (χ3v) is 5.28. The van der Waals surface area contributed by atoms with Gasteiger partial charge in [-0.15, -0.1) is 0 Å². The van der Waals surface area contributed by atoms with E-state index in [-0.39, 0.29) is 11.8 Å². The molecule has 2 aromatic rings. The number of likely N-dealkylation sites (tertiary alicyclic amines) is 1. The second-order valence-corrected chi connectivity index (χ2v) is 6.93. The Morgan fingerprint density at radius 2 is 2.00 bits per heavy atom. The van der Waals surface area contributed by atoms with Crippen molar-refractivity contribution in [2.24, 2.45) is 11.7 Å². The Labute approximate surface area is 150 Å². The zero-order valence-electron chi connectivity index (χ0n) is 13.6. The van der Waals surface area contributed by atoms with Gasteiger partial charge in [-0.2, -0.15) is 0 Å². The number of methoxy groups -OCH3 is 1. The standard InChI is InChI=1S/C19H21BrN2O2/c1-24-18-8-7-14(9-17(18)20)19(23)22-11-15(10-21)16(12-22)13-5-3-2-4-6-13/h2-9,15-16H,10-12,21H2,1H3/t15-,16+/m1/s1. The molecule has 2 N–H and O–H groups in total. The molecule has 3 rings (SSSR count). The smallest absolute Gasteiger partial charge is 0.253 e. The lowest BCUT2D eigenvalue weighted by molar-refractivity contribution is 0.0786. The quantitative estimate of drug-likeness (QED) is 0.873. The first-order valence-electron chi connectivity index (χ1n) is 8.02. The van der Waals surface area contributed by atoms with Crippen LogP contribution in [0, 0.1) is 5.92 Å². The second-order valence-electron chi connectivity index (χ2n) is 6.07. The first-order chi connectivity index (χ1) is 11.6. The van der Waals surface area contributed by atoms with Gasteiger partial charge >= 0.3 is 0 Å². The van der Waals surface area contributed by atoms with E-state index in [4.69, 9.17) is 10.5 Å². The van der Waals surface area contributed by atoms with Gasteiger partial charge in [0.2, 0.25) is 0 Å². The lowest BCUT2D eigenvalue weighted by Crippen LogP contribution is -2.29. The second kappa shape index (κ2) is 7.36. The zero-order valence-corrected chi connectivity index (χ0v) is 15.2. The van der Waals surface area contributed by atoms with Crippen molar-refractivity contribution < 1.29 is 9.53 Å². The molecule has 0 bridgehead atoms. The minimum atomic E-state index is 0.0373. The Morgan fingerprint density at radius 1 is 1.25 bits per heavy atom. The van der Waals surface area contributed by atoms with Crippen molar-refractivity contribution >= 4 is 21.8 Å². The molecule has 1 heterocycles. The molecule has 1 aliphatic rings. The monoisotopic (exact) mass is 388 g/mol. The van der Waals surface area contributed by atoms with Gasteiger partial charge in [0, 0.05) is 24.6 Å².